The molecule has 2 aromatic rings. The second-order valence-corrected chi connectivity index (χ2v) is 8.39. The zero-order valence-corrected chi connectivity index (χ0v) is 17.4. The lowest BCUT2D eigenvalue weighted by Gasteiger charge is -2.56. The Morgan fingerprint density at radius 3 is 2.16 bits per heavy atom. The van der Waals surface area contributed by atoms with Crippen LogP contribution in [0, 0.1) is 11.2 Å². The number of hydrogen-bond donors (Lipinski definition) is 0. The third kappa shape index (κ3) is 2.60. The summed E-state index contributed by atoms with van der Waals surface area (Å²) < 4.78 is 14.5. The molecule has 8 heteroatoms. The van der Waals surface area contributed by atoms with Gasteiger partial charge in [-0.05, 0) is 30.2 Å². The van der Waals surface area contributed by atoms with E-state index in [0.717, 1.165) is 21.1 Å². The van der Waals surface area contributed by atoms with Crippen molar-refractivity contribution in [2.75, 3.05) is 43.5 Å². The molecule has 3 aliphatic heterocycles. The van der Waals surface area contributed by atoms with Crippen molar-refractivity contribution >= 4 is 29.2 Å². The predicted octanol–water partition coefficient (Wildman–Crippen LogP) is 2.11. The van der Waals surface area contributed by atoms with Gasteiger partial charge in [-0.1, -0.05) is 30.3 Å². The maximum atomic E-state index is 14.5. The minimum Gasteiger partial charge on any atom is -0.365 e. The summed E-state index contributed by atoms with van der Waals surface area (Å²) in [7, 11) is 2.83. The van der Waals surface area contributed by atoms with Gasteiger partial charge in [0.15, 0.2) is 5.41 Å². The van der Waals surface area contributed by atoms with Gasteiger partial charge in [0.25, 0.3) is 0 Å². The van der Waals surface area contributed by atoms with Crippen molar-refractivity contribution in [3.05, 3.63) is 59.9 Å². The van der Waals surface area contributed by atoms with Crippen molar-refractivity contribution in [2.24, 2.45) is 5.41 Å². The van der Waals surface area contributed by atoms with Crippen LogP contribution in [-0.2, 0) is 16.0 Å². The molecular weight excluding hydrogens is 399 g/mol. The zero-order valence-electron chi connectivity index (χ0n) is 17.4. The van der Waals surface area contributed by atoms with Gasteiger partial charge >= 0.3 is 6.03 Å². The van der Waals surface area contributed by atoms with Crippen LogP contribution in [0.15, 0.2) is 48.5 Å². The topological polar surface area (TPSA) is 64.2 Å². The Kier molecular flexibility index (Phi) is 4.28. The number of carbonyl (C=O) groups is 3. The van der Waals surface area contributed by atoms with Crippen molar-refractivity contribution in [3.8, 4) is 0 Å². The average Bonchev–Trinajstić information content (AvgIpc) is 2.80. The molecule has 2 fully saturated rings. The molecule has 3 aliphatic rings. The highest BCUT2D eigenvalue weighted by molar-refractivity contribution is 6.20. The number of benzene rings is 2. The highest BCUT2D eigenvalue weighted by Crippen LogP contribution is 2.47. The number of para-hydroxylation sites is 2. The number of anilines is 2. The van der Waals surface area contributed by atoms with Gasteiger partial charge in [0.05, 0.1) is 11.7 Å². The Morgan fingerprint density at radius 1 is 0.871 bits per heavy atom. The summed E-state index contributed by atoms with van der Waals surface area (Å²) in [6.07, 6.45) is 0.203. The number of fused-ring (bicyclic) bond motifs is 4. The second-order valence-electron chi connectivity index (χ2n) is 8.39. The number of urea groups is 1. The third-order valence-corrected chi connectivity index (χ3v) is 6.86. The number of halogens is 1. The molecule has 0 aromatic heterocycles. The zero-order chi connectivity index (χ0) is 21.9. The van der Waals surface area contributed by atoms with E-state index in [2.05, 4.69) is 4.90 Å². The molecule has 0 unspecified atom stereocenters. The van der Waals surface area contributed by atoms with E-state index >= 15 is 0 Å². The number of rotatable bonds is 1. The monoisotopic (exact) mass is 422 g/mol. The molecule has 0 N–H and O–H groups in total. The molecule has 0 saturated carbocycles. The number of nitrogens with zero attached hydrogens (tertiary/aromatic N) is 4. The number of hydrogen-bond acceptors (Lipinski definition) is 5. The summed E-state index contributed by atoms with van der Waals surface area (Å²) in [4.78, 5) is 45.7. The summed E-state index contributed by atoms with van der Waals surface area (Å²) in [5, 5.41) is 0. The van der Waals surface area contributed by atoms with E-state index in [1.54, 1.807) is 18.2 Å². The van der Waals surface area contributed by atoms with Crippen LogP contribution in [0.5, 0.6) is 0 Å². The Labute approximate surface area is 179 Å². The minimum absolute atomic E-state index is 0.203. The largest absolute Gasteiger partial charge is 0.365 e. The SMILES string of the molecule is CN1C(=O)N(C)C(=O)C2(Cc3ccccc3N3CCN(c4ccccc4F)C[C@@H]32)C1=O. The standard InChI is InChI=1S/C23H23FN4O3/c1-25-20(29)23(21(30)26(2)22(25)31)13-15-7-3-5-9-17(15)28-12-11-27(14-19(23)28)18-10-6-4-8-16(18)24/h3-10,19H,11-14H2,1-2H3/t19-/m1/s1. The van der Waals surface area contributed by atoms with E-state index in [0.29, 0.717) is 25.3 Å². The third-order valence-electron chi connectivity index (χ3n) is 6.86. The lowest BCUT2D eigenvalue weighted by Crippen LogP contribution is -2.74. The molecule has 1 spiro atoms. The van der Waals surface area contributed by atoms with Gasteiger partial charge in [-0.15, -0.1) is 0 Å². The average molecular weight is 422 g/mol. The molecule has 0 aliphatic carbocycles. The van der Waals surface area contributed by atoms with Crippen molar-refractivity contribution in [2.45, 2.75) is 12.5 Å². The Hall–Kier alpha value is -3.42. The fraction of sp³-hybridized carbons (Fsp3) is 0.348. The van der Waals surface area contributed by atoms with Crippen LogP contribution < -0.4 is 9.80 Å². The number of barbiturate groups is 1. The van der Waals surface area contributed by atoms with E-state index < -0.39 is 29.3 Å². The predicted molar refractivity (Wildman–Crippen MR) is 113 cm³/mol. The van der Waals surface area contributed by atoms with Crippen molar-refractivity contribution < 1.29 is 18.8 Å². The molecule has 4 amide bonds. The Bertz CT molecular complexity index is 1080. The highest BCUT2D eigenvalue weighted by atomic mass is 19.1. The lowest BCUT2D eigenvalue weighted by molar-refractivity contribution is -0.159. The molecule has 160 valence electrons. The number of piperazine rings is 1. The molecule has 2 saturated heterocycles. The van der Waals surface area contributed by atoms with E-state index in [1.807, 2.05) is 29.2 Å². The first-order valence-corrected chi connectivity index (χ1v) is 10.3. The fourth-order valence-corrected chi connectivity index (χ4v) is 5.30. The van der Waals surface area contributed by atoms with Crippen molar-refractivity contribution in [1.82, 2.24) is 9.80 Å². The van der Waals surface area contributed by atoms with Crippen LogP contribution in [0.25, 0.3) is 0 Å². The van der Waals surface area contributed by atoms with Gasteiger partial charge < -0.3 is 9.80 Å². The maximum Gasteiger partial charge on any atom is 0.332 e. The van der Waals surface area contributed by atoms with E-state index in [4.69, 9.17) is 0 Å². The van der Waals surface area contributed by atoms with E-state index in [9.17, 15) is 18.8 Å². The first-order valence-electron chi connectivity index (χ1n) is 10.3. The van der Waals surface area contributed by atoms with Crippen LogP contribution in [0.3, 0.4) is 0 Å². The van der Waals surface area contributed by atoms with Gasteiger partial charge in [0.1, 0.15) is 5.82 Å². The van der Waals surface area contributed by atoms with Gasteiger partial charge in [-0.25, -0.2) is 9.18 Å². The summed E-state index contributed by atoms with van der Waals surface area (Å²) >= 11 is 0. The molecular formula is C23H23FN4O3. The van der Waals surface area contributed by atoms with Crippen LogP contribution in [0.1, 0.15) is 5.56 Å². The first-order chi connectivity index (χ1) is 14.9. The molecule has 2 aromatic carbocycles. The lowest BCUT2D eigenvalue weighted by atomic mass is 9.67. The number of carbonyl (C=O) groups excluding carboxylic acids is 3. The van der Waals surface area contributed by atoms with Crippen LogP contribution in [-0.4, -0.2) is 67.4 Å². The smallest absolute Gasteiger partial charge is 0.332 e. The highest BCUT2D eigenvalue weighted by Gasteiger charge is 2.63. The Balaban J connectivity index is 1.66. The number of amides is 4. The van der Waals surface area contributed by atoms with Gasteiger partial charge in [-0.3, -0.25) is 19.4 Å². The maximum absolute atomic E-state index is 14.5. The van der Waals surface area contributed by atoms with Crippen molar-refractivity contribution in [3.63, 3.8) is 0 Å². The summed E-state index contributed by atoms with van der Waals surface area (Å²) in [5.74, 6) is -1.34. The first kappa shape index (κ1) is 19.5. The second kappa shape index (κ2) is 6.80. The molecule has 0 radical (unpaired) electrons. The fourth-order valence-electron chi connectivity index (χ4n) is 5.30. The number of imide groups is 2. The van der Waals surface area contributed by atoms with Gasteiger partial charge in [0, 0.05) is 39.4 Å². The molecule has 1 atom stereocenters. The summed E-state index contributed by atoms with van der Waals surface area (Å²) in [6.45, 7) is 1.37. The minimum atomic E-state index is -1.45. The van der Waals surface area contributed by atoms with E-state index in [-0.39, 0.29) is 12.2 Å². The van der Waals surface area contributed by atoms with Gasteiger partial charge in [-0.2, -0.15) is 0 Å². The van der Waals surface area contributed by atoms with Gasteiger partial charge in [0.2, 0.25) is 11.8 Å². The normalized spacial score (nSPS) is 22.7. The molecule has 7 nitrogen and oxygen atoms in total. The molecule has 31 heavy (non-hydrogen) atoms. The van der Waals surface area contributed by atoms with Crippen LogP contribution in [0.4, 0.5) is 20.6 Å². The Morgan fingerprint density at radius 2 is 1.48 bits per heavy atom. The molecule has 3 heterocycles. The summed E-state index contributed by atoms with van der Waals surface area (Å²) in [5.41, 5.74) is 0.880. The summed E-state index contributed by atoms with van der Waals surface area (Å²) in [6, 6.07) is 13.1. The molecule has 0 bridgehead atoms. The van der Waals surface area contributed by atoms with Crippen LogP contribution in [0.2, 0.25) is 0 Å². The van der Waals surface area contributed by atoms with E-state index in [1.165, 1.54) is 20.2 Å². The van der Waals surface area contributed by atoms with Crippen LogP contribution >= 0.6 is 0 Å². The molecule has 5 rings (SSSR count). The van der Waals surface area contributed by atoms with Crippen molar-refractivity contribution in [1.29, 1.82) is 0 Å². The quantitative estimate of drug-likeness (QED) is 0.659.